The van der Waals surface area contributed by atoms with Crippen LogP contribution in [0.4, 0.5) is 0 Å². The number of nitrogens with one attached hydrogen (secondary N) is 1. The van der Waals surface area contributed by atoms with Gasteiger partial charge in [0.1, 0.15) is 5.76 Å². The van der Waals surface area contributed by atoms with Crippen LogP contribution in [0, 0.1) is 7.43 Å². The molecule has 1 radical (unpaired) electrons. The molecule has 6 nitrogen and oxygen atoms in total. The monoisotopic (exact) mass is 965 g/mol. The van der Waals surface area contributed by atoms with E-state index in [0.717, 1.165) is 68.8 Å². The molecule has 2 unspecified atom stereocenters. The number of nitrogens with zero attached hydrogens (tertiary/aromatic N) is 2. The van der Waals surface area contributed by atoms with Gasteiger partial charge in [-0.15, -0.1) is 6.58 Å². The van der Waals surface area contributed by atoms with Gasteiger partial charge in [-0.25, -0.2) is 0 Å². The largest absolute Gasteiger partial charge is 0.487 e. The molecule has 0 aromatic carbocycles. The Morgan fingerprint density at radius 3 is 1.45 bits per heavy atom. The molecule has 0 aliphatic heterocycles. The van der Waals surface area contributed by atoms with Crippen molar-refractivity contribution >= 4 is 5.71 Å². The van der Waals surface area contributed by atoms with Crippen LogP contribution < -0.4 is 11.1 Å². The summed E-state index contributed by atoms with van der Waals surface area (Å²) in [5.41, 5.74) is 10.9. The average Bonchev–Trinajstić information content (AvgIpc) is 3.32. The number of aliphatic imine (C=N–C) groups is 1. The van der Waals surface area contributed by atoms with E-state index in [4.69, 9.17) is 15.2 Å². The summed E-state index contributed by atoms with van der Waals surface area (Å²) in [7, 11) is 1.82. The molecule has 0 heterocycles. The van der Waals surface area contributed by atoms with Crippen molar-refractivity contribution in [2.45, 2.75) is 292 Å². The van der Waals surface area contributed by atoms with Gasteiger partial charge in [-0.05, 0) is 90.8 Å². The second-order valence-corrected chi connectivity index (χ2v) is 18.5. The van der Waals surface area contributed by atoms with Crippen molar-refractivity contribution in [1.82, 2.24) is 10.2 Å². The maximum Gasteiger partial charge on any atom is 0.138 e. The number of hydrogen-bond acceptors (Lipinski definition) is 6. The summed E-state index contributed by atoms with van der Waals surface area (Å²) < 4.78 is 13.1. The summed E-state index contributed by atoms with van der Waals surface area (Å²) >= 11 is 0. The molecule has 0 aromatic heterocycles. The van der Waals surface area contributed by atoms with Crippen molar-refractivity contribution in [3.8, 4) is 0 Å². The number of allylic oxidation sites excluding steroid dienone is 2. The Balaban J connectivity index is -0.00000473. The van der Waals surface area contributed by atoms with Crippen molar-refractivity contribution in [3.63, 3.8) is 0 Å². The second kappa shape index (κ2) is 57.9. The normalized spacial score (nSPS) is 12.5. The molecule has 0 saturated heterocycles. The van der Waals surface area contributed by atoms with E-state index in [1.54, 1.807) is 6.20 Å². The quantitative estimate of drug-likeness (QED) is 0.0159. The molecule has 0 saturated carbocycles. The van der Waals surface area contributed by atoms with Gasteiger partial charge in [0.15, 0.2) is 0 Å². The summed E-state index contributed by atoms with van der Waals surface area (Å²) in [6.45, 7) is 27.7. The Hall–Kier alpha value is -1.43. The Labute approximate surface area is 427 Å². The van der Waals surface area contributed by atoms with E-state index >= 15 is 0 Å². The number of hydrogen-bond donors (Lipinski definition) is 2. The van der Waals surface area contributed by atoms with Crippen molar-refractivity contribution in [3.05, 3.63) is 50.0 Å². The summed E-state index contributed by atoms with van der Waals surface area (Å²) in [6.07, 6.45) is 49.4. The van der Waals surface area contributed by atoms with E-state index in [2.05, 4.69) is 67.9 Å². The van der Waals surface area contributed by atoms with Gasteiger partial charge in [-0.2, -0.15) is 0 Å². The first-order chi connectivity index (χ1) is 31.4. The average molecular weight is 966 g/mol. The molecular formula is C59H117N4O2V-. The van der Waals surface area contributed by atoms with Crippen molar-refractivity contribution in [2.24, 2.45) is 10.7 Å². The van der Waals surface area contributed by atoms with Crippen LogP contribution in [0.2, 0.25) is 0 Å². The molecule has 0 fully saturated rings. The third-order valence-electron chi connectivity index (χ3n) is 12.9. The molecule has 3 N–H and O–H groups in total. The van der Waals surface area contributed by atoms with Crippen LogP contribution >= 0.6 is 0 Å². The molecule has 0 amide bonds. The van der Waals surface area contributed by atoms with Gasteiger partial charge in [0.25, 0.3) is 0 Å². The minimum atomic E-state index is 0. The SMILES string of the molecule is C=C=C(CCCCCCCN(CCCCCCCC(C=C)OC(CCCCCCCC)CCCCCCCC)CCCN/C(=C/N)C(C)=NC)OC(CC)CCCCCCCC.CC.[CH3-].[V]. The first kappa shape index (κ1) is 71.1. The molecule has 2 atom stereocenters. The van der Waals surface area contributed by atoms with Crippen LogP contribution in [-0.2, 0) is 28.0 Å². The van der Waals surface area contributed by atoms with E-state index < -0.39 is 0 Å². The van der Waals surface area contributed by atoms with Crippen LogP contribution in [0.15, 0.2) is 47.6 Å². The standard InChI is InChI=1S/C56H108N4O2.C2H6.CH3.V/c1-9-15-18-21-26-33-41-52(12-4)61-53(13-5)42-34-29-24-31-38-47-60(49-40-46-59-56(50-57)51(7)58-8)48-39-32-25-30-35-43-54(14-6)62-55(44-36-27-22-19-16-10-2)45-37-28-23-20-17-11-3;1-2;;/h14,50,52,54-55,59H,5-6,9-12,15-49,57H2,1-4,7-8H3;1-2H3;1H3;/q;;-1;/b56-50+,58-51?;;;. The number of unbranched alkanes of at least 4 members (excludes halogenated alkanes) is 23. The van der Waals surface area contributed by atoms with Gasteiger partial charge in [0, 0.05) is 44.8 Å². The second-order valence-electron chi connectivity index (χ2n) is 18.5. The maximum absolute atomic E-state index is 6.77. The molecule has 0 rings (SSSR count). The number of nitrogens with two attached hydrogens (primary N) is 1. The van der Waals surface area contributed by atoms with Gasteiger partial charge in [-0.1, -0.05) is 214 Å². The third kappa shape index (κ3) is 46.3. The van der Waals surface area contributed by atoms with E-state index in [0.29, 0.717) is 12.2 Å². The van der Waals surface area contributed by atoms with E-state index in [1.165, 1.54) is 199 Å². The molecule has 0 aromatic rings. The van der Waals surface area contributed by atoms with Crippen molar-refractivity contribution < 1.29 is 28.0 Å². The van der Waals surface area contributed by atoms with E-state index in [-0.39, 0.29) is 32.1 Å². The summed E-state index contributed by atoms with van der Waals surface area (Å²) in [5, 5.41) is 3.51. The fraction of sp³-hybridized carbons (Fsp3) is 0.847. The van der Waals surface area contributed by atoms with Crippen LogP contribution in [0.3, 0.4) is 0 Å². The first-order valence-corrected chi connectivity index (χ1v) is 28.1. The molecule has 391 valence electrons. The van der Waals surface area contributed by atoms with E-state index in [1.807, 2.05) is 27.8 Å². The zero-order chi connectivity index (χ0) is 47.6. The summed E-state index contributed by atoms with van der Waals surface area (Å²) in [6, 6.07) is 0. The Morgan fingerprint density at radius 1 is 0.621 bits per heavy atom. The zero-order valence-electron chi connectivity index (χ0n) is 46.1. The molecule has 0 spiro atoms. The first-order valence-electron chi connectivity index (χ1n) is 28.1. The maximum atomic E-state index is 6.77. The molecule has 0 aliphatic carbocycles. The third-order valence-corrected chi connectivity index (χ3v) is 12.9. The van der Waals surface area contributed by atoms with Gasteiger partial charge >= 0.3 is 0 Å². The summed E-state index contributed by atoms with van der Waals surface area (Å²) in [5.74, 6) is 0.982. The number of ether oxygens (including phenoxy) is 2. The number of rotatable bonds is 49. The van der Waals surface area contributed by atoms with Gasteiger partial charge in [0.05, 0.1) is 29.7 Å². The van der Waals surface area contributed by atoms with Crippen LogP contribution in [0.25, 0.3) is 0 Å². The van der Waals surface area contributed by atoms with Gasteiger partial charge in [-0.3, -0.25) is 4.99 Å². The zero-order valence-corrected chi connectivity index (χ0v) is 47.5. The molecule has 7 heteroatoms. The fourth-order valence-corrected chi connectivity index (χ4v) is 8.61. The van der Waals surface area contributed by atoms with E-state index in [9.17, 15) is 0 Å². The van der Waals surface area contributed by atoms with Gasteiger partial charge in [0.2, 0.25) is 0 Å². The summed E-state index contributed by atoms with van der Waals surface area (Å²) in [4.78, 5) is 7.02. The fourth-order valence-electron chi connectivity index (χ4n) is 8.61. The molecule has 0 bridgehead atoms. The Bertz CT molecular complexity index is 1070. The van der Waals surface area contributed by atoms with Crippen LogP contribution in [0.5, 0.6) is 0 Å². The van der Waals surface area contributed by atoms with Crippen molar-refractivity contribution in [1.29, 1.82) is 0 Å². The minimum absolute atomic E-state index is 0. The van der Waals surface area contributed by atoms with Crippen LogP contribution in [0.1, 0.15) is 273 Å². The topological polar surface area (TPSA) is 72.1 Å². The molecule has 0 aliphatic rings. The van der Waals surface area contributed by atoms with Crippen LogP contribution in [-0.4, -0.2) is 62.2 Å². The Kier molecular flexibility index (Phi) is 62.4. The predicted molar refractivity (Wildman–Crippen MR) is 294 cm³/mol. The molecular weight excluding hydrogens is 848 g/mol. The van der Waals surface area contributed by atoms with Crippen molar-refractivity contribution in [2.75, 3.05) is 33.2 Å². The Morgan fingerprint density at radius 2 is 1.03 bits per heavy atom. The minimum Gasteiger partial charge on any atom is -0.487 e. The van der Waals surface area contributed by atoms with Gasteiger partial charge < -0.3 is 32.9 Å². The smallest absolute Gasteiger partial charge is 0.138 e. The molecule has 66 heavy (non-hydrogen) atoms. The predicted octanol–water partition coefficient (Wildman–Crippen LogP) is 18.0.